The molecule has 0 atom stereocenters. The molecule has 0 aliphatic heterocycles. The van der Waals surface area contributed by atoms with Gasteiger partial charge in [0.1, 0.15) is 12.4 Å². The highest BCUT2D eigenvalue weighted by molar-refractivity contribution is 7.92. The number of hydrogen-bond donors (Lipinski definition) is 3. The molecule has 26 heavy (non-hydrogen) atoms. The summed E-state index contributed by atoms with van der Waals surface area (Å²) < 4.78 is 40.6. The smallest absolute Gasteiger partial charge is 0.264 e. The lowest BCUT2D eigenvalue weighted by Gasteiger charge is -2.24. The van der Waals surface area contributed by atoms with Crippen molar-refractivity contribution in [2.45, 2.75) is 11.8 Å². The van der Waals surface area contributed by atoms with Gasteiger partial charge in [0.2, 0.25) is 5.91 Å². The Hall–Kier alpha value is -2.98. The predicted molar refractivity (Wildman–Crippen MR) is 94.0 cm³/mol. The molecule has 10 heteroatoms. The van der Waals surface area contributed by atoms with Gasteiger partial charge in [-0.25, -0.2) is 18.7 Å². The molecule has 0 aliphatic rings. The molecule has 0 heterocycles. The lowest BCUT2D eigenvalue weighted by molar-refractivity contribution is -0.119. The molecule has 2 amide bonds. The van der Waals surface area contributed by atoms with Crippen LogP contribution in [0.1, 0.15) is 6.92 Å². The fraction of sp³-hybridized carbons (Fsp3) is 0.125. The summed E-state index contributed by atoms with van der Waals surface area (Å²) >= 11 is 0. The lowest BCUT2D eigenvalue weighted by atomic mass is 10.3. The summed E-state index contributed by atoms with van der Waals surface area (Å²) in [5.41, 5.74) is 1.93. The van der Waals surface area contributed by atoms with E-state index in [0.29, 0.717) is 9.99 Å². The molecule has 2 aromatic rings. The first-order chi connectivity index (χ1) is 12.3. The summed E-state index contributed by atoms with van der Waals surface area (Å²) in [7, 11) is -4.26. The number of halogens is 1. The van der Waals surface area contributed by atoms with Crippen LogP contribution >= 0.6 is 0 Å². The molecule has 0 saturated carbocycles. The Kier molecular flexibility index (Phi) is 5.90. The van der Waals surface area contributed by atoms with E-state index in [1.54, 1.807) is 0 Å². The second-order valence-corrected chi connectivity index (χ2v) is 7.10. The molecule has 0 bridgehead atoms. The largest absolute Gasteiger partial charge is 0.326 e. The first kappa shape index (κ1) is 19.3. The normalized spacial score (nSPS) is 10.9. The standard InChI is InChI=1S/C16H17FN4O4S/c1-11(22)19-12-6-8-13(9-7-12)26(24,25)21(10-16(23)20-18)15-5-3-2-4-14(15)17/h2-9H,10,18H2,1H3,(H,19,22)(H,20,23). The average Bonchev–Trinajstić information content (AvgIpc) is 2.60. The highest BCUT2D eigenvalue weighted by Gasteiger charge is 2.28. The highest BCUT2D eigenvalue weighted by atomic mass is 32.2. The quantitative estimate of drug-likeness (QED) is 0.392. The minimum atomic E-state index is -4.26. The number of nitrogens with one attached hydrogen (secondary N) is 2. The summed E-state index contributed by atoms with van der Waals surface area (Å²) in [6, 6.07) is 10.4. The first-order valence-electron chi connectivity index (χ1n) is 7.40. The van der Waals surface area contributed by atoms with Crippen LogP contribution < -0.4 is 20.9 Å². The van der Waals surface area contributed by atoms with Crippen molar-refractivity contribution >= 4 is 33.2 Å². The number of hydrazine groups is 1. The van der Waals surface area contributed by atoms with E-state index >= 15 is 0 Å². The monoisotopic (exact) mass is 380 g/mol. The number of nitrogens with zero attached hydrogens (tertiary/aromatic N) is 1. The zero-order valence-corrected chi connectivity index (χ0v) is 14.6. The Balaban J connectivity index is 2.47. The zero-order chi connectivity index (χ0) is 19.3. The fourth-order valence-corrected chi connectivity index (χ4v) is 3.60. The Bertz CT molecular complexity index is 916. The molecule has 0 spiro atoms. The Morgan fingerprint density at radius 1 is 1.12 bits per heavy atom. The van der Waals surface area contributed by atoms with Gasteiger partial charge in [0.25, 0.3) is 15.9 Å². The molecule has 2 rings (SSSR count). The van der Waals surface area contributed by atoms with Crippen molar-refractivity contribution in [2.75, 3.05) is 16.2 Å². The van der Waals surface area contributed by atoms with E-state index < -0.39 is 28.3 Å². The Morgan fingerprint density at radius 2 is 1.73 bits per heavy atom. The number of rotatable bonds is 6. The minimum Gasteiger partial charge on any atom is -0.326 e. The molecular weight excluding hydrogens is 363 g/mol. The third-order valence-corrected chi connectivity index (χ3v) is 5.11. The first-order valence-corrected chi connectivity index (χ1v) is 8.84. The molecule has 0 saturated heterocycles. The number of carbonyl (C=O) groups is 2. The van der Waals surface area contributed by atoms with Crippen LogP contribution in [0.15, 0.2) is 53.4 Å². The molecule has 0 unspecified atom stereocenters. The van der Waals surface area contributed by atoms with E-state index in [1.165, 1.54) is 49.4 Å². The van der Waals surface area contributed by atoms with Gasteiger partial charge < -0.3 is 5.32 Å². The zero-order valence-electron chi connectivity index (χ0n) is 13.8. The number of anilines is 2. The molecular formula is C16H17FN4O4S. The van der Waals surface area contributed by atoms with Gasteiger partial charge in [-0.3, -0.25) is 19.3 Å². The summed E-state index contributed by atoms with van der Waals surface area (Å²) in [5.74, 6) is 3.10. The van der Waals surface area contributed by atoms with E-state index in [2.05, 4.69) is 5.32 Å². The molecule has 2 aromatic carbocycles. The van der Waals surface area contributed by atoms with Crippen LogP contribution in [-0.4, -0.2) is 26.8 Å². The van der Waals surface area contributed by atoms with E-state index in [1.807, 2.05) is 5.43 Å². The van der Waals surface area contributed by atoms with Crippen molar-refractivity contribution < 1.29 is 22.4 Å². The maximum absolute atomic E-state index is 14.1. The average molecular weight is 380 g/mol. The number of carbonyl (C=O) groups excluding carboxylic acids is 2. The van der Waals surface area contributed by atoms with Gasteiger partial charge in [0.15, 0.2) is 0 Å². The Labute approximate surface area is 149 Å². The molecule has 0 aromatic heterocycles. The summed E-state index contributed by atoms with van der Waals surface area (Å²) in [5, 5.41) is 2.51. The Morgan fingerprint density at radius 3 is 2.27 bits per heavy atom. The van der Waals surface area contributed by atoms with Gasteiger partial charge >= 0.3 is 0 Å². The number of amides is 2. The van der Waals surface area contributed by atoms with E-state index in [4.69, 9.17) is 5.84 Å². The molecule has 0 radical (unpaired) electrons. The number of nitrogens with two attached hydrogens (primary N) is 1. The van der Waals surface area contributed by atoms with Crippen molar-refractivity contribution in [1.29, 1.82) is 0 Å². The summed E-state index contributed by atoms with van der Waals surface area (Å²) in [6.45, 7) is 0.614. The topological polar surface area (TPSA) is 122 Å². The molecule has 138 valence electrons. The van der Waals surface area contributed by atoms with Crippen molar-refractivity contribution in [1.82, 2.24) is 5.43 Å². The van der Waals surface area contributed by atoms with E-state index in [0.717, 1.165) is 6.07 Å². The molecule has 0 aliphatic carbocycles. The van der Waals surface area contributed by atoms with Crippen LogP contribution in [-0.2, 0) is 19.6 Å². The van der Waals surface area contributed by atoms with Crippen LogP contribution in [0.4, 0.5) is 15.8 Å². The predicted octanol–water partition coefficient (Wildman–Crippen LogP) is 0.969. The van der Waals surface area contributed by atoms with Gasteiger partial charge in [0, 0.05) is 12.6 Å². The SMILES string of the molecule is CC(=O)Nc1ccc(S(=O)(=O)N(CC(=O)NN)c2ccccc2F)cc1. The molecule has 0 fully saturated rings. The number of para-hydroxylation sites is 1. The minimum absolute atomic E-state index is 0.181. The number of hydrogen-bond acceptors (Lipinski definition) is 5. The van der Waals surface area contributed by atoms with Crippen LogP contribution in [0.5, 0.6) is 0 Å². The van der Waals surface area contributed by atoms with Crippen LogP contribution in [0, 0.1) is 5.82 Å². The van der Waals surface area contributed by atoms with Crippen molar-refractivity contribution in [2.24, 2.45) is 5.84 Å². The van der Waals surface area contributed by atoms with Gasteiger partial charge in [-0.1, -0.05) is 12.1 Å². The molecule has 8 nitrogen and oxygen atoms in total. The van der Waals surface area contributed by atoms with Crippen molar-refractivity contribution in [3.63, 3.8) is 0 Å². The van der Waals surface area contributed by atoms with E-state index in [-0.39, 0.29) is 16.5 Å². The van der Waals surface area contributed by atoms with Crippen LogP contribution in [0.2, 0.25) is 0 Å². The van der Waals surface area contributed by atoms with Crippen molar-refractivity contribution in [3.05, 3.63) is 54.3 Å². The van der Waals surface area contributed by atoms with Gasteiger partial charge in [-0.2, -0.15) is 0 Å². The maximum atomic E-state index is 14.1. The third kappa shape index (κ3) is 4.35. The highest BCUT2D eigenvalue weighted by Crippen LogP contribution is 2.26. The second-order valence-electron chi connectivity index (χ2n) is 5.24. The summed E-state index contributed by atoms with van der Waals surface area (Å²) in [6.07, 6.45) is 0. The number of benzene rings is 2. The fourth-order valence-electron chi connectivity index (χ4n) is 2.17. The molecule has 4 N–H and O–H groups in total. The lowest BCUT2D eigenvalue weighted by Crippen LogP contribution is -2.43. The van der Waals surface area contributed by atoms with Gasteiger partial charge in [0.05, 0.1) is 10.6 Å². The number of sulfonamides is 1. The van der Waals surface area contributed by atoms with Crippen LogP contribution in [0.3, 0.4) is 0 Å². The van der Waals surface area contributed by atoms with Gasteiger partial charge in [-0.05, 0) is 36.4 Å². The van der Waals surface area contributed by atoms with Crippen LogP contribution in [0.25, 0.3) is 0 Å². The third-order valence-electron chi connectivity index (χ3n) is 3.33. The van der Waals surface area contributed by atoms with Gasteiger partial charge in [-0.15, -0.1) is 0 Å². The maximum Gasteiger partial charge on any atom is 0.264 e. The van der Waals surface area contributed by atoms with E-state index in [9.17, 15) is 22.4 Å². The second kappa shape index (κ2) is 7.93. The van der Waals surface area contributed by atoms with Crippen molar-refractivity contribution in [3.8, 4) is 0 Å². The summed E-state index contributed by atoms with van der Waals surface area (Å²) in [4.78, 5) is 22.5.